The van der Waals surface area contributed by atoms with E-state index in [0.29, 0.717) is 25.3 Å². The molecule has 2 N–H and O–H groups in total. The van der Waals surface area contributed by atoms with E-state index < -0.39 is 5.91 Å². The van der Waals surface area contributed by atoms with E-state index in [1.807, 2.05) is 13.8 Å². The average Bonchev–Trinajstić information content (AvgIpc) is 2.64. The van der Waals surface area contributed by atoms with Crippen LogP contribution in [-0.2, 0) is 22.4 Å². The molecule has 1 aromatic rings. The number of carbonyl (C=O) groups is 1. The summed E-state index contributed by atoms with van der Waals surface area (Å²) in [6.45, 7) is 4.93. The minimum Gasteiger partial charge on any atom is -0.383 e. The minimum atomic E-state index is -0.443. The summed E-state index contributed by atoms with van der Waals surface area (Å²) in [5, 5.41) is 4.44. The standard InChI is InChI=1S/C12H19N3O3/c1-7-6-9-10(8(2)18-7)14-15(4-5-17-3)11(9)12(13)16/h7-8H,4-6H2,1-3H3,(H2,13,16)/t7-,8+/m0/s1. The Balaban J connectivity index is 2.43. The number of amides is 1. The summed E-state index contributed by atoms with van der Waals surface area (Å²) in [4.78, 5) is 11.6. The van der Waals surface area contributed by atoms with E-state index >= 15 is 0 Å². The fourth-order valence-corrected chi connectivity index (χ4v) is 2.41. The molecular formula is C12H19N3O3. The first-order chi connectivity index (χ1) is 8.54. The van der Waals surface area contributed by atoms with Gasteiger partial charge < -0.3 is 15.2 Å². The minimum absolute atomic E-state index is 0.0747. The molecule has 0 saturated heterocycles. The number of fused-ring (bicyclic) bond motifs is 1. The van der Waals surface area contributed by atoms with Gasteiger partial charge in [0.05, 0.1) is 31.1 Å². The predicted octanol–water partition coefficient (Wildman–Crippen LogP) is 0.651. The third-order valence-electron chi connectivity index (χ3n) is 3.14. The van der Waals surface area contributed by atoms with Crippen LogP contribution < -0.4 is 5.73 Å². The lowest BCUT2D eigenvalue weighted by Gasteiger charge is -2.24. The molecule has 2 atom stereocenters. The molecule has 1 aliphatic heterocycles. The quantitative estimate of drug-likeness (QED) is 0.854. The fourth-order valence-electron chi connectivity index (χ4n) is 2.41. The van der Waals surface area contributed by atoms with Crippen molar-refractivity contribution in [2.24, 2.45) is 5.73 Å². The predicted molar refractivity (Wildman–Crippen MR) is 65.3 cm³/mol. The van der Waals surface area contributed by atoms with Gasteiger partial charge in [-0.05, 0) is 13.8 Å². The fraction of sp³-hybridized carbons (Fsp3) is 0.667. The number of hydrogen-bond acceptors (Lipinski definition) is 4. The van der Waals surface area contributed by atoms with Crippen molar-refractivity contribution in [1.29, 1.82) is 0 Å². The van der Waals surface area contributed by atoms with Crippen LogP contribution >= 0.6 is 0 Å². The monoisotopic (exact) mass is 253 g/mol. The van der Waals surface area contributed by atoms with E-state index in [0.717, 1.165) is 11.3 Å². The molecule has 0 radical (unpaired) electrons. The number of nitrogens with two attached hydrogens (primary N) is 1. The topological polar surface area (TPSA) is 79.4 Å². The maximum atomic E-state index is 11.6. The summed E-state index contributed by atoms with van der Waals surface area (Å²) in [6.07, 6.45) is 0.640. The highest BCUT2D eigenvalue weighted by Crippen LogP contribution is 2.31. The van der Waals surface area contributed by atoms with Gasteiger partial charge in [0.25, 0.3) is 5.91 Å². The van der Waals surface area contributed by atoms with E-state index in [1.54, 1.807) is 11.8 Å². The van der Waals surface area contributed by atoms with Crippen LogP contribution in [0.2, 0.25) is 0 Å². The highest BCUT2D eigenvalue weighted by atomic mass is 16.5. The molecule has 1 aliphatic rings. The normalized spacial score (nSPS) is 22.8. The lowest BCUT2D eigenvalue weighted by atomic mass is 9.99. The van der Waals surface area contributed by atoms with E-state index in [1.165, 1.54) is 0 Å². The van der Waals surface area contributed by atoms with Crippen molar-refractivity contribution in [2.45, 2.75) is 39.0 Å². The lowest BCUT2D eigenvalue weighted by Crippen LogP contribution is -2.25. The summed E-state index contributed by atoms with van der Waals surface area (Å²) in [5.41, 5.74) is 7.69. The van der Waals surface area contributed by atoms with Crippen molar-refractivity contribution in [1.82, 2.24) is 9.78 Å². The number of primary amides is 1. The largest absolute Gasteiger partial charge is 0.383 e. The molecule has 0 saturated carbocycles. The van der Waals surface area contributed by atoms with E-state index in [2.05, 4.69) is 5.10 Å². The van der Waals surface area contributed by atoms with Gasteiger partial charge in [0, 0.05) is 19.1 Å². The van der Waals surface area contributed by atoms with Crippen molar-refractivity contribution in [3.63, 3.8) is 0 Å². The molecule has 1 aromatic heterocycles. The maximum Gasteiger partial charge on any atom is 0.267 e. The Labute approximate surface area is 106 Å². The molecule has 2 rings (SSSR count). The molecule has 0 aliphatic carbocycles. The van der Waals surface area contributed by atoms with E-state index in [9.17, 15) is 4.79 Å². The molecular weight excluding hydrogens is 234 g/mol. The molecule has 0 spiro atoms. The van der Waals surface area contributed by atoms with E-state index in [4.69, 9.17) is 15.2 Å². The highest BCUT2D eigenvalue weighted by molar-refractivity contribution is 5.93. The van der Waals surface area contributed by atoms with Gasteiger partial charge in [-0.25, -0.2) is 0 Å². The van der Waals surface area contributed by atoms with Crippen LogP contribution in [0.4, 0.5) is 0 Å². The van der Waals surface area contributed by atoms with Gasteiger partial charge in [-0.1, -0.05) is 0 Å². The number of carbonyl (C=O) groups excluding carboxylic acids is 1. The van der Waals surface area contributed by atoms with Crippen molar-refractivity contribution in [3.05, 3.63) is 17.0 Å². The van der Waals surface area contributed by atoms with Gasteiger partial charge in [-0.3, -0.25) is 9.48 Å². The van der Waals surface area contributed by atoms with Gasteiger partial charge in [0.2, 0.25) is 0 Å². The second kappa shape index (κ2) is 5.07. The molecule has 6 nitrogen and oxygen atoms in total. The van der Waals surface area contributed by atoms with Crippen molar-refractivity contribution >= 4 is 5.91 Å². The van der Waals surface area contributed by atoms with Crippen molar-refractivity contribution < 1.29 is 14.3 Å². The molecule has 6 heteroatoms. The first-order valence-electron chi connectivity index (χ1n) is 6.08. The summed E-state index contributed by atoms with van der Waals surface area (Å²) >= 11 is 0. The zero-order valence-electron chi connectivity index (χ0n) is 11.0. The summed E-state index contributed by atoms with van der Waals surface area (Å²) < 4.78 is 12.4. The molecule has 2 heterocycles. The van der Waals surface area contributed by atoms with Crippen LogP contribution in [0.1, 0.15) is 41.7 Å². The van der Waals surface area contributed by atoms with Gasteiger partial charge in [-0.2, -0.15) is 5.10 Å². The summed E-state index contributed by atoms with van der Waals surface area (Å²) in [7, 11) is 1.61. The van der Waals surface area contributed by atoms with Crippen LogP contribution in [0.3, 0.4) is 0 Å². The molecule has 1 amide bonds. The second-order valence-corrected chi connectivity index (χ2v) is 4.59. The Morgan fingerprint density at radius 1 is 1.61 bits per heavy atom. The molecule has 18 heavy (non-hydrogen) atoms. The average molecular weight is 253 g/mol. The van der Waals surface area contributed by atoms with Crippen LogP contribution in [0, 0.1) is 0 Å². The summed E-state index contributed by atoms with van der Waals surface area (Å²) in [6, 6.07) is 0. The molecule has 0 unspecified atom stereocenters. The molecule has 0 aromatic carbocycles. The Morgan fingerprint density at radius 2 is 2.33 bits per heavy atom. The maximum absolute atomic E-state index is 11.6. The first kappa shape index (κ1) is 13.0. The van der Waals surface area contributed by atoms with Crippen molar-refractivity contribution in [2.75, 3.05) is 13.7 Å². The second-order valence-electron chi connectivity index (χ2n) is 4.59. The molecule has 0 bridgehead atoms. The van der Waals surface area contributed by atoms with E-state index in [-0.39, 0.29) is 12.2 Å². The number of nitrogens with zero attached hydrogens (tertiary/aromatic N) is 2. The Hall–Kier alpha value is -1.40. The van der Waals surface area contributed by atoms with Crippen LogP contribution in [-0.4, -0.2) is 35.5 Å². The molecule has 0 fully saturated rings. The third-order valence-corrected chi connectivity index (χ3v) is 3.14. The number of aromatic nitrogens is 2. The Bertz CT molecular complexity index is 456. The van der Waals surface area contributed by atoms with Crippen LogP contribution in [0.25, 0.3) is 0 Å². The van der Waals surface area contributed by atoms with Gasteiger partial charge in [0.15, 0.2) is 0 Å². The SMILES string of the molecule is COCCn1nc2c(c1C(N)=O)C[C@H](C)O[C@@H]2C. The number of rotatable bonds is 4. The zero-order valence-corrected chi connectivity index (χ0v) is 11.0. The van der Waals surface area contributed by atoms with Gasteiger partial charge >= 0.3 is 0 Å². The van der Waals surface area contributed by atoms with Gasteiger partial charge in [-0.15, -0.1) is 0 Å². The summed E-state index contributed by atoms with van der Waals surface area (Å²) in [5.74, 6) is -0.443. The zero-order chi connectivity index (χ0) is 13.3. The highest BCUT2D eigenvalue weighted by Gasteiger charge is 2.31. The van der Waals surface area contributed by atoms with Gasteiger partial charge in [0.1, 0.15) is 5.69 Å². The van der Waals surface area contributed by atoms with Crippen LogP contribution in [0.15, 0.2) is 0 Å². The number of methoxy groups -OCH3 is 1. The van der Waals surface area contributed by atoms with Crippen LogP contribution in [0.5, 0.6) is 0 Å². The number of hydrogen-bond donors (Lipinski definition) is 1. The first-order valence-corrected chi connectivity index (χ1v) is 6.08. The molecule has 100 valence electrons. The van der Waals surface area contributed by atoms with Crippen molar-refractivity contribution in [3.8, 4) is 0 Å². The smallest absolute Gasteiger partial charge is 0.267 e. The third kappa shape index (κ3) is 2.26. The Morgan fingerprint density at radius 3 is 2.94 bits per heavy atom. The Kier molecular flexibility index (Phi) is 3.68. The lowest BCUT2D eigenvalue weighted by molar-refractivity contribution is -0.00715. The number of ether oxygens (including phenoxy) is 2.